The number of hydrogen-bond donors (Lipinski definition) is 0. The molecule has 4 unspecified atom stereocenters. The van der Waals surface area contributed by atoms with Gasteiger partial charge in [-0.25, -0.2) is 0 Å². The average Bonchev–Trinajstić information content (AvgIpc) is 3.00. The van der Waals surface area contributed by atoms with Crippen LogP contribution in [0.5, 0.6) is 0 Å². The van der Waals surface area contributed by atoms with E-state index >= 15 is 0 Å². The maximum absolute atomic E-state index is 12.6. The highest BCUT2D eigenvalue weighted by atomic mass is 32.2. The van der Waals surface area contributed by atoms with Crippen molar-refractivity contribution in [3.05, 3.63) is 0 Å². The summed E-state index contributed by atoms with van der Waals surface area (Å²) in [6.45, 7) is 6.38. The lowest BCUT2D eigenvalue weighted by molar-refractivity contribution is -0.137. The summed E-state index contributed by atoms with van der Waals surface area (Å²) in [6.07, 6.45) is 3.84. The van der Waals surface area contributed by atoms with Crippen LogP contribution in [0.15, 0.2) is 0 Å². The molecule has 4 atom stereocenters. The Morgan fingerprint density at radius 1 is 1.39 bits per heavy atom. The van der Waals surface area contributed by atoms with Crippen molar-refractivity contribution in [1.29, 1.82) is 0 Å². The van der Waals surface area contributed by atoms with Crippen LogP contribution in [-0.4, -0.2) is 47.1 Å². The third kappa shape index (κ3) is 2.29. The topological polar surface area (TPSA) is 29.5 Å². The van der Waals surface area contributed by atoms with E-state index in [-0.39, 0.29) is 12.0 Å². The zero-order valence-corrected chi connectivity index (χ0v) is 12.1. The third-order valence-corrected chi connectivity index (χ3v) is 6.11. The molecular weight excluding hydrogens is 246 g/mol. The van der Waals surface area contributed by atoms with Gasteiger partial charge < -0.3 is 9.64 Å². The van der Waals surface area contributed by atoms with Crippen LogP contribution in [0.1, 0.15) is 33.1 Å². The summed E-state index contributed by atoms with van der Waals surface area (Å²) in [5, 5.41) is 0.613. The molecule has 0 saturated carbocycles. The second-order valence-corrected chi connectivity index (χ2v) is 7.50. The van der Waals surface area contributed by atoms with E-state index in [4.69, 9.17) is 4.74 Å². The Bertz CT molecular complexity index is 334. The van der Waals surface area contributed by atoms with E-state index in [1.165, 1.54) is 6.42 Å². The number of fused-ring (bicyclic) bond motifs is 2. The van der Waals surface area contributed by atoms with Crippen molar-refractivity contribution in [3.63, 3.8) is 0 Å². The predicted octanol–water partition coefficient (Wildman–Crippen LogP) is 2.15. The summed E-state index contributed by atoms with van der Waals surface area (Å²) in [4.78, 5) is 14.7. The highest BCUT2D eigenvalue weighted by Gasteiger charge is 2.46. The number of ether oxygens (including phenoxy) is 1. The lowest BCUT2D eigenvalue weighted by atomic mass is 9.88. The monoisotopic (exact) mass is 269 g/mol. The van der Waals surface area contributed by atoms with Crippen LogP contribution in [0.3, 0.4) is 0 Å². The van der Waals surface area contributed by atoms with E-state index < -0.39 is 0 Å². The SMILES string of the molecule is CC(C)C1CN(C(=O)C2CC3CCC2O3)CCS1. The summed E-state index contributed by atoms with van der Waals surface area (Å²) >= 11 is 2.03. The molecule has 4 heteroatoms. The third-order valence-electron chi connectivity index (χ3n) is 4.57. The molecule has 0 aliphatic carbocycles. The van der Waals surface area contributed by atoms with Gasteiger partial charge in [-0.3, -0.25) is 4.79 Å². The van der Waals surface area contributed by atoms with Gasteiger partial charge in [0.05, 0.1) is 18.1 Å². The first kappa shape index (κ1) is 12.8. The molecule has 3 nitrogen and oxygen atoms in total. The van der Waals surface area contributed by atoms with Crippen molar-refractivity contribution in [2.75, 3.05) is 18.8 Å². The standard InChI is InChI=1S/C14H23NO2S/c1-9(2)13-8-15(5-6-18-13)14(16)11-7-10-3-4-12(11)17-10/h9-13H,3-8H2,1-2H3. The molecule has 3 aliphatic rings. The van der Waals surface area contributed by atoms with E-state index in [0.29, 0.717) is 23.2 Å². The van der Waals surface area contributed by atoms with Crippen molar-refractivity contribution in [2.24, 2.45) is 11.8 Å². The van der Waals surface area contributed by atoms with Crippen LogP contribution in [0, 0.1) is 11.8 Å². The van der Waals surface area contributed by atoms with Crippen LogP contribution < -0.4 is 0 Å². The van der Waals surface area contributed by atoms with Gasteiger partial charge in [-0.1, -0.05) is 13.8 Å². The van der Waals surface area contributed by atoms with E-state index in [2.05, 4.69) is 18.7 Å². The number of nitrogens with zero attached hydrogens (tertiary/aromatic N) is 1. The van der Waals surface area contributed by atoms with Gasteiger partial charge >= 0.3 is 0 Å². The average molecular weight is 269 g/mol. The molecule has 0 aromatic rings. The lowest BCUT2D eigenvalue weighted by Gasteiger charge is -2.36. The van der Waals surface area contributed by atoms with Crippen molar-refractivity contribution >= 4 is 17.7 Å². The van der Waals surface area contributed by atoms with Gasteiger partial charge in [0.1, 0.15) is 0 Å². The van der Waals surface area contributed by atoms with Crippen LogP contribution >= 0.6 is 11.8 Å². The Morgan fingerprint density at radius 2 is 2.22 bits per heavy atom. The fourth-order valence-corrected chi connectivity index (χ4v) is 4.71. The van der Waals surface area contributed by atoms with E-state index in [0.717, 1.165) is 31.7 Å². The molecule has 3 rings (SSSR count). The van der Waals surface area contributed by atoms with Crippen molar-refractivity contribution in [1.82, 2.24) is 4.90 Å². The molecule has 0 N–H and O–H groups in total. The van der Waals surface area contributed by atoms with Crippen molar-refractivity contribution in [2.45, 2.75) is 50.6 Å². The van der Waals surface area contributed by atoms with Crippen LogP contribution in [-0.2, 0) is 9.53 Å². The molecule has 3 saturated heterocycles. The number of hydrogen-bond acceptors (Lipinski definition) is 3. The van der Waals surface area contributed by atoms with Gasteiger partial charge in [-0.05, 0) is 25.2 Å². The maximum Gasteiger partial charge on any atom is 0.228 e. The van der Waals surface area contributed by atoms with E-state index in [1.54, 1.807) is 0 Å². The van der Waals surface area contributed by atoms with Crippen molar-refractivity contribution in [3.8, 4) is 0 Å². The Morgan fingerprint density at radius 3 is 2.83 bits per heavy atom. The quantitative estimate of drug-likeness (QED) is 0.769. The Kier molecular flexibility index (Phi) is 3.59. The first-order valence-corrected chi connectivity index (χ1v) is 8.26. The first-order valence-electron chi connectivity index (χ1n) is 7.21. The number of carbonyl (C=O) groups excluding carboxylic acids is 1. The predicted molar refractivity (Wildman–Crippen MR) is 73.7 cm³/mol. The van der Waals surface area contributed by atoms with Crippen molar-refractivity contribution < 1.29 is 9.53 Å². The normalized spacial score (nSPS) is 39.6. The summed E-state index contributed by atoms with van der Waals surface area (Å²) in [7, 11) is 0. The molecule has 3 aliphatic heterocycles. The molecule has 1 amide bonds. The molecule has 0 radical (unpaired) electrons. The zero-order valence-electron chi connectivity index (χ0n) is 11.3. The highest BCUT2D eigenvalue weighted by molar-refractivity contribution is 8.00. The smallest absolute Gasteiger partial charge is 0.228 e. The minimum absolute atomic E-state index is 0.166. The van der Waals surface area contributed by atoms with Gasteiger partial charge in [-0.2, -0.15) is 11.8 Å². The fourth-order valence-electron chi connectivity index (χ4n) is 3.41. The summed E-state index contributed by atoms with van der Waals surface area (Å²) in [6, 6.07) is 0. The highest BCUT2D eigenvalue weighted by Crippen LogP contribution is 2.40. The second-order valence-electron chi connectivity index (χ2n) is 6.15. The Hall–Kier alpha value is -0.220. The minimum atomic E-state index is 0.166. The fraction of sp³-hybridized carbons (Fsp3) is 0.929. The van der Waals surface area contributed by atoms with Gasteiger partial charge in [0.2, 0.25) is 5.91 Å². The molecule has 3 heterocycles. The van der Waals surface area contributed by atoms with Crippen LogP contribution in [0.4, 0.5) is 0 Å². The molecule has 102 valence electrons. The molecule has 0 spiro atoms. The molecule has 3 fully saturated rings. The van der Waals surface area contributed by atoms with Gasteiger partial charge in [0.15, 0.2) is 0 Å². The maximum atomic E-state index is 12.6. The Labute approximate surface area is 114 Å². The summed E-state index contributed by atoms with van der Waals surface area (Å²) in [5.41, 5.74) is 0. The largest absolute Gasteiger partial charge is 0.374 e. The van der Waals surface area contributed by atoms with E-state index in [1.807, 2.05) is 11.8 Å². The molecule has 0 aromatic heterocycles. The molecule has 18 heavy (non-hydrogen) atoms. The number of rotatable bonds is 2. The molecule has 2 bridgehead atoms. The van der Waals surface area contributed by atoms with Crippen LogP contribution in [0.2, 0.25) is 0 Å². The molecule has 0 aromatic carbocycles. The second kappa shape index (κ2) is 5.04. The number of thioether (sulfide) groups is 1. The van der Waals surface area contributed by atoms with Gasteiger partial charge in [0, 0.05) is 24.1 Å². The lowest BCUT2D eigenvalue weighted by Crippen LogP contribution is -2.47. The summed E-state index contributed by atoms with van der Waals surface area (Å²) < 4.78 is 5.82. The molecular formula is C14H23NO2S. The first-order chi connectivity index (χ1) is 8.65. The number of amides is 1. The van der Waals surface area contributed by atoms with Gasteiger partial charge in [0.25, 0.3) is 0 Å². The Balaban J connectivity index is 1.62. The number of carbonyl (C=O) groups is 1. The minimum Gasteiger partial charge on any atom is -0.374 e. The van der Waals surface area contributed by atoms with E-state index in [9.17, 15) is 4.79 Å². The van der Waals surface area contributed by atoms with Crippen LogP contribution in [0.25, 0.3) is 0 Å². The zero-order chi connectivity index (χ0) is 12.7. The van der Waals surface area contributed by atoms with Gasteiger partial charge in [-0.15, -0.1) is 0 Å². The summed E-state index contributed by atoms with van der Waals surface area (Å²) in [5.74, 6) is 2.28.